The second kappa shape index (κ2) is 15.4. The number of benzene rings is 4. The van der Waals surface area contributed by atoms with Gasteiger partial charge in [-0.15, -0.1) is 0 Å². The number of hydrogen-bond donors (Lipinski definition) is 5. The molecule has 10 heteroatoms. The van der Waals surface area contributed by atoms with Crippen LogP contribution in [0.25, 0.3) is 10.9 Å². The molecule has 264 valence electrons. The molecule has 5 N–H and O–H groups in total. The first kappa shape index (κ1) is 34.3. The van der Waals surface area contributed by atoms with E-state index < -0.39 is 18.2 Å². The maximum atomic E-state index is 13.0. The number of hydrogen-bond acceptors (Lipinski definition) is 7. The highest BCUT2D eigenvalue weighted by atomic mass is 16.5. The fraction of sp³-hybridized carbons (Fsp3) is 0.317. The highest BCUT2D eigenvalue weighted by Gasteiger charge is 2.43. The molecule has 3 saturated heterocycles. The summed E-state index contributed by atoms with van der Waals surface area (Å²) in [5.41, 5.74) is 4.58. The quantitative estimate of drug-likeness (QED) is 0.0974. The van der Waals surface area contributed by atoms with Crippen LogP contribution in [0, 0.1) is 5.92 Å². The summed E-state index contributed by atoms with van der Waals surface area (Å²) in [6.07, 6.45) is 1.06. The van der Waals surface area contributed by atoms with Crippen molar-refractivity contribution in [3.63, 3.8) is 0 Å². The lowest BCUT2D eigenvalue weighted by Crippen LogP contribution is -2.59. The van der Waals surface area contributed by atoms with Gasteiger partial charge in [0.1, 0.15) is 18.1 Å². The summed E-state index contributed by atoms with van der Waals surface area (Å²) >= 11 is 0. The van der Waals surface area contributed by atoms with E-state index in [1.54, 1.807) is 17.0 Å². The van der Waals surface area contributed by atoms with Crippen molar-refractivity contribution in [3.05, 3.63) is 141 Å². The van der Waals surface area contributed by atoms with Gasteiger partial charge in [0.15, 0.2) is 0 Å². The zero-order valence-corrected chi connectivity index (χ0v) is 28.4. The average molecular weight is 689 g/mol. The van der Waals surface area contributed by atoms with Crippen molar-refractivity contribution in [1.82, 2.24) is 20.1 Å². The standard InChI is InChI=1S/C41H44N4O6/c46-36-14-12-33(34-13-15-38(48)43-39(34)36)37(47)24-42-19-16-27-6-4-7-28(22-27)26-51-32-11-5-10-31(23-32)40(30-8-2-1-3-9-30)45(41(49)50)35-25-44-20-17-29(35)18-21-44/h1-15,22-23,29,35,37,40,42,46-47H,16-21,24-26H2,(H,43,48)(H,49,50)/t35-,37+,40?/m0/s1. The van der Waals surface area contributed by atoms with E-state index in [9.17, 15) is 24.9 Å². The van der Waals surface area contributed by atoms with Gasteiger partial charge in [-0.25, -0.2) is 4.79 Å². The Labute approximate surface area is 296 Å². The third-order valence-electron chi connectivity index (χ3n) is 10.4. The van der Waals surface area contributed by atoms with E-state index >= 15 is 0 Å². The number of amides is 1. The third kappa shape index (κ3) is 7.78. The second-order valence-corrected chi connectivity index (χ2v) is 13.6. The topological polar surface area (TPSA) is 138 Å². The number of phenols is 1. The first-order valence-electron chi connectivity index (χ1n) is 17.7. The van der Waals surface area contributed by atoms with Crippen LogP contribution in [0.3, 0.4) is 0 Å². The maximum Gasteiger partial charge on any atom is 0.408 e. The van der Waals surface area contributed by atoms with Crippen molar-refractivity contribution in [2.75, 3.05) is 32.7 Å². The molecule has 51 heavy (non-hydrogen) atoms. The maximum absolute atomic E-state index is 13.0. The molecular formula is C41H44N4O6. The molecule has 3 atom stereocenters. The Balaban J connectivity index is 0.992. The van der Waals surface area contributed by atoms with Crippen LogP contribution in [0.1, 0.15) is 52.8 Å². The van der Waals surface area contributed by atoms with Crippen molar-refractivity contribution >= 4 is 17.0 Å². The number of nitrogens with one attached hydrogen (secondary N) is 2. The van der Waals surface area contributed by atoms with Crippen LogP contribution in [0.4, 0.5) is 4.79 Å². The predicted octanol–water partition coefficient (Wildman–Crippen LogP) is 5.84. The fourth-order valence-electron chi connectivity index (χ4n) is 7.79. The van der Waals surface area contributed by atoms with Crippen LogP contribution < -0.4 is 15.6 Å². The molecule has 3 aliphatic heterocycles. The number of ether oxygens (including phenoxy) is 1. The van der Waals surface area contributed by atoms with Crippen LogP contribution in [-0.4, -0.2) is 75.0 Å². The first-order chi connectivity index (χ1) is 24.8. The number of phenolic OH excluding ortho intramolecular Hbond substituents is 1. The van der Waals surface area contributed by atoms with Crippen molar-refractivity contribution in [3.8, 4) is 11.5 Å². The van der Waals surface area contributed by atoms with E-state index in [1.807, 2.05) is 66.7 Å². The van der Waals surface area contributed by atoms with Gasteiger partial charge in [-0.1, -0.05) is 72.8 Å². The number of aliphatic hydroxyl groups is 1. The van der Waals surface area contributed by atoms with Gasteiger partial charge in [0.05, 0.1) is 23.7 Å². The molecule has 0 radical (unpaired) electrons. The number of pyridine rings is 1. The van der Waals surface area contributed by atoms with E-state index in [2.05, 4.69) is 27.3 Å². The molecule has 8 rings (SSSR count). The number of piperidine rings is 3. The zero-order valence-electron chi connectivity index (χ0n) is 28.4. The van der Waals surface area contributed by atoms with E-state index in [0.717, 1.165) is 61.2 Å². The van der Waals surface area contributed by atoms with Crippen molar-refractivity contribution in [2.24, 2.45) is 5.92 Å². The monoisotopic (exact) mass is 688 g/mol. The number of aromatic hydroxyl groups is 1. The summed E-state index contributed by atoms with van der Waals surface area (Å²) in [5, 5.41) is 35.6. The number of carboxylic acid groups (broad SMARTS) is 1. The summed E-state index contributed by atoms with van der Waals surface area (Å²) in [7, 11) is 0. The number of aromatic nitrogens is 1. The SMILES string of the molecule is O=C(O)N(C(c1ccccc1)c1cccc(OCc2cccc(CCNC[C@@H](O)c3ccc(O)c4[nH]c(=O)ccc34)c2)c1)[C@H]1CN2CCC1CC2. The molecule has 3 fully saturated rings. The van der Waals surface area contributed by atoms with Crippen LogP contribution in [-0.2, 0) is 13.0 Å². The Kier molecular flexibility index (Phi) is 10.3. The highest BCUT2D eigenvalue weighted by Crippen LogP contribution is 2.39. The Bertz CT molecular complexity index is 2030. The van der Waals surface area contributed by atoms with Crippen LogP contribution in [0.2, 0.25) is 0 Å². The summed E-state index contributed by atoms with van der Waals surface area (Å²) in [5.74, 6) is 1.00. The highest BCUT2D eigenvalue weighted by molar-refractivity contribution is 5.87. The molecule has 0 spiro atoms. The van der Waals surface area contributed by atoms with E-state index in [1.165, 1.54) is 12.1 Å². The minimum absolute atomic E-state index is 0.0379. The fourth-order valence-corrected chi connectivity index (χ4v) is 7.79. The molecule has 1 aromatic heterocycles. The normalized spacial score (nSPS) is 19.4. The lowest BCUT2D eigenvalue weighted by Gasteiger charge is -2.50. The number of nitrogens with zero attached hydrogens (tertiary/aromatic N) is 2. The van der Waals surface area contributed by atoms with Crippen molar-refractivity contribution < 1.29 is 24.9 Å². The van der Waals surface area contributed by atoms with Gasteiger partial charge in [-0.05, 0) is 96.9 Å². The number of aliphatic hydroxyl groups excluding tert-OH is 1. The van der Waals surface area contributed by atoms with E-state index in [4.69, 9.17) is 4.74 Å². The minimum Gasteiger partial charge on any atom is -0.506 e. The first-order valence-corrected chi connectivity index (χ1v) is 17.7. The molecule has 1 unspecified atom stereocenters. The van der Waals surface area contributed by atoms with Crippen molar-refractivity contribution in [2.45, 2.75) is 44.1 Å². The molecule has 1 amide bonds. The van der Waals surface area contributed by atoms with Gasteiger partial charge < -0.3 is 35.3 Å². The molecule has 5 aromatic rings. The second-order valence-electron chi connectivity index (χ2n) is 13.6. The third-order valence-corrected chi connectivity index (χ3v) is 10.4. The Hall–Kier alpha value is -5.16. The van der Waals surface area contributed by atoms with Gasteiger partial charge in [-0.2, -0.15) is 0 Å². The zero-order chi connectivity index (χ0) is 35.3. The van der Waals surface area contributed by atoms with Crippen LogP contribution in [0.5, 0.6) is 11.5 Å². The number of rotatable bonds is 13. The summed E-state index contributed by atoms with van der Waals surface area (Å²) in [6.45, 7) is 4.15. The summed E-state index contributed by atoms with van der Waals surface area (Å²) in [4.78, 5) is 31.4. The Morgan fingerprint density at radius 3 is 2.45 bits per heavy atom. The van der Waals surface area contributed by atoms with Gasteiger partial charge >= 0.3 is 6.09 Å². The Morgan fingerprint density at radius 1 is 0.922 bits per heavy atom. The molecule has 0 saturated carbocycles. The molecule has 2 bridgehead atoms. The van der Waals surface area contributed by atoms with Gasteiger partial charge in [-0.3, -0.25) is 9.69 Å². The molecule has 10 nitrogen and oxygen atoms in total. The lowest BCUT2D eigenvalue weighted by atomic mass is 9.81. The number of fused-ring (bicyclic) bond motifs is 4. The van der Waals surface area contributed by atoms with E-state index in [-0.39, 0.29) is 17.4 Å². The van der Waals surface area contributed by atoms with Crippen LogP contribution in [0.15, 0.2) is 108 Å². The smallest absolute Gasteiger partial charge is 0.408 e. The van der Waals surface area contributed by atoms with Gasteiger partial charge in [0, 0.05) is 24.5 Å². The minimum atomic E-state index is -0.902. The number of H-pyrrole nitrogens is 1. The van der Waals surface area contributed by atoms with Gasteiger partial charge in [0.25, 0.3) is 0 Å². The molecule has 4 heterocycles. The van der Waals surface area contributed by atoms with E-state index in [0.29, 0.717) is 47.8 Å². The molecular weight excluding hydrogens is 644 g/mol. The lowest BCUT2D eigenvalue weighted by molar-refractivity contribution is -0.000812. The largest absolute Gasteiger partial charge is 0.506 e. The van der Waals surface area contributed by atoms with Gasteiger partial charge in [0.2, 0.25) is 5.56 Å². The average Bonchev–Trinajstić information content (AvgIpc) is 3.16. The summed E-state index contributed by atoms with van der Waals surface area (Å²) in [6, 6.07) is 31.5. The predicted molar refractivity (Wildman–Crippen MR) is 196 cm³/mol. The Morgan fingerprint density at radius 2 is 1.69 bits per heavy atom. The van der Waals surface area contributed by atoms with Crippen molar-refractivity contribution in [1.29, 1.82) is 0 Å². The number of aromatic amines is 1. The number of carbonyl (C=O) groups is 1. The molecule has 4 aromatic carbocycles. The molecule has 0 aliphatic carbocycles. The van der Waals surface area contributed by atoms with Crippen LogP contribution >= 0.6 is 0 Å². The molecule has 3 aliphatic rings. The summed E-state index contributed by atoms with van der Waals surface area (Å²) < 4.78 is 6.30.